The van der Waals surface area contributed by atoms with Crippen LogP contribution in [0.15, 0.2) is 0 Å². The summed E-state index contributed by atoms with van der Waals surface area (Å²) in [6, 6.07) is -0.166. The zero-order chi connectivity index (χ0) is 14.5. The number of amides is 2. The highest BCUT2D eigenvalue weighted by Gasteiger charge is 2.25. The fraction of sp³-hybridized carbons (Fsp3) is 0.692. The van der Waals surface area contributed by atoms with E-state index in [4.69, 9.17) is 11.5 Å². The van der Waals surface area contributed by atoms with Gasteiger partial charge < -0.3 is 15.3 Å². The smallest absolute Gasteiger partial charge is 0.318 e. The summed E-state index contributed by atoms with van der Waals surface area (Å²) >= 11 is 0. The van der Waals surface area contributed by atoms with Crippen LogP contribution in [-0.2, 0) is 4.79 Å². The van der Waals surface area contributed by atoms with E-state index in [1.807, 2.05) is 4.90 Å². The highest BCUT2D eigenvalue weighted by Crippen LogP contribution is 2.06. The molecule has 0 bridgehead atoms. The molecule has 0 unspecified atom stereocenters. The first-order valence-corrected chi connectivity index (χ1v) is 6.33. The van der Waals surface area contributed by atoms with Gasteiger partial charge in [0.2, 0.25) is 0 Å². The number of carboxylic acids is 1. The maximum atomic E-state index is 12.0. The Morgan fingerprint density at radius 3 is 2.37 bits per heavy atom. The highest BCUT2D eigenvalue weighted by molar-refractivity contribution is 5.75. The van der Waals surface area contributed by atoms with Gasteiger partial charge in [0.1, 0.15) is 0 Å². The molecule has 6 heteroatoms. The lowest BCUT2D eigenvalue weighted by atomic mass is 10.1. The number of rotatable bonds is 4. The second kappa shape index (κ2) is 6.43. The summed E-state index contributed by atoms with van der Waals surface area (Å²) in [5.41, 5.74) is -0.655. The molecule has 2 N–H and O–H groups in total. The molecule has 1 aliphatic heterocycles. The van der Waals surface area contributed by atoms with Crippen molar-refractivity contribution in [2.24, 2.45) is 0 Å². The second-order valence-corrected chi connectivity index (χ2v) is 5.17. The van der Waals surface area contributed by atoms with E-state index in [9.17, 15) is 9.59 Å². The van der Waals surface area contributed by atoms with Crippen LogP contribution in [-0.4, -0.2) is 65.2 Å². The number of nitrogens with zero attached hydrogens (tertiary/aromatic N) is 2. The fourth-order valence-electron chi connectivity index (χ4n) is 1.81. The van der Waals surface area contributed by atoms with Gasteiger partial charge in [-0.05, 0) is 13.8 Å². The molecule has 1 rings (SSSR count). The van der Waals surface area contributed by atoms with Gasteiger partial charge in [0.05, 0.1) is 12.0 Å². The van der Waals surface area contributed by atoms with Gasteiger partial charge in [-0.3, -0.25) is 9.69 Å². The Labute approximate surface area is 113 Å². The molecule has 1 heterocycles. The molecule has 0 atom stereocenters. The average Bonchev–Trinajstić information content (AvgIpc) is 2.36. The van der Waals surface area contributed by atoms with Crippen molar-refractivity contribution in [1.82, 2.24) is 15.1 Å². The predicted octanol–water partition coefficient (Wildman–Crippen LogP) is 0.200. The van der Waals surface area contributed by atoms with Gasteiger partial charge in [-0.15, -0.1) is 6.42 Å². The number of hydrogen-bond acceptors (Lipinski definition) is 3. The van der Waals surface area contributed by atoms with Gasteiger partial charge in [0.25, 0.3) is 0 Å². The summed E-state index contributed by atoms with van der Waals surface area (Å²) in [5.74, 6) is 1.72. The van der Waals surface area contributed by atoms with E-state index in [1.54, 1.807) is 18.7 Å². The minimum atomic E-state index is -0.795. The van der Waals surface area contributed by atoms with Crippen LogP contribution in [0, 0.1) is 12.3 Å². The summed E-state index contributed by atoms with van der Waals surface area (Å²) in [6.45, 7) is 6.63. The maximum absolute atomic E-state index is 12.0. The molecule has 0 aromatic rings. The second-order valence-electron chi connectivity index (χ2n) is 5.17. The Morgan fingerprint density at radius 1 is 1.32 bits per heavy atom. The van der Waals surface area contributed by atoms with Crippen molar-refractivity contribution >= 4 is 12.0 Å². The van der Waals surface area contributed by atoms with Crippen LogP contribution in [0.5, 0.6) is 0 Å². The Hall–Kier alpha value is -1.74. The number of piperazine rings is 1. The fourth-order valence-corrected chi connectivity index (χ4v) is 1.81. The number of carbonyl (C=O) groups is 2. The van der Waals surface area contributed by atoms with Crippen molar-refractivity contribution in [3.63, 3.8) is 0 Å². The summed E-state index contributed by atoms with van der Waals surface area (Å²) in [7, 11) is 0. The van der Waals surface area contributed by atoms with Crippen molar-refractivity contribution in [1.29, 1.82) is 0 Å². The number of carboxylic acid groups (broad SMARTS) is 1. The van der Waals surface area contributed by atoms with Gasteiger partial charge in [-0.2, -0.15) is 0 Å². The monoisotopic (exact) mass is 267 g/mol. The zero-order valence-electron chi connectivity index (χ0n) is 11.5. The Bertz CT molecular complexity index is 379. The first kappa shape index (κ1) is 15.3. The number of nitrogens with one attached hydrogen (secondary N) is 1. The molecule has 0 aliphatic carbocycles. The normalized spacial score (nSPS) is 16.8. The van der Waals surface area contributed by atoms with Gasteiger partial charge in [-0.1, -0.05) is 5.92 Å². The molecule has 0 radical (unpaired) electrons. The minimum Gasteiger partial charge on any atom is -0.481 e. The lowest BCUT2D eigenvalue weighted by Gasteiger charge is -2.35. The minimum absolute atomic E-state index is 0.135. The van der Waals surface area contributed by atoms with Crippen molar-refractivity contribution in [2.45, 2.75) is 25.8 Å². The quantitative estimate of drug-likeness (QED) is 0.714. The van der Waals surface area contributed by atoms with Crippen LogP contribution >= 0.6 is 0 Å². The molecule has 0 saturated carbocycles. The Morgan fingerprint density at radius 2 is 1.89 bits per heavy atom. The molecule has 19 heavy (non-hydrogen) atoms. The van der Waals surface area contributed by atoms with Gasteiger partial charge >= 0.3 is 12.0 Å². The molecule has 1 fully saturated rings. The van der Waals surface area contributed by atoms with E-state index in [1.165, 1.54) is 0 Å². The first-order chi connectivity index (χ1) is 8.84. The largest absolute Gasteiger partial charge is 0.481 e. The lowest BCUT2D eigenvalue weighted by molar-refractivity contribution is -0.137. The molecule has 0 aromatic carbocycles. The van der Waals surface area contributed by atoms with E-state index >= 15 is 0 Å². The van der Waals surface area contributed by atoms with E-state index in [2.05, 4.69) is 11.2 Å². The third kappa shape index (κ3) is 5.18. The molecule has 1 aliphatic rings. The van der Waals surface area contributed by atoms with E-state index in [0.29, 0.717) is 32.7 Å². The number of carbonyl (C=O) groups excluding carboxylic acids is 1. The number of urea groups is 1. The van der Waals surface area contributed by atoms with E-state index in [-0.39, 0.29) is 12.5 Å². The van der Waals surface area contributed by atoms with Crippen molar-refractivity contribution in [3.05, 3.63) is 0 Å². The van der Waals surface area contributed by atoms with Crippen LogP contribution in [0.1, 0.15) is 20.3 Å². The third-order valence-corrected chi connectivity index (χ3v) is 3.08. The lowest BCUT2D eigenvalue weighted by Crippen LogP contribution is -2.55. The molecular weight excluding hydrogens is 246 g/mol. The Kier molecular flexibility index (Phi) is 5.19. The van der Waals surface area contributed by atoms with E-state index < -0.39 is 11.5 Å². The molecule has 2 amide bonds. The molecule has 0 spiro atoms. The average molecular weight is 267 g/mol. The molecule has 1 saturated heterocycles. The molecule has 6 nitrogen and oxygen atoms in total. The van der Waals surface area contributed by atoms with Crippen LogP contribution in [0.2, 0.25) is 0 Å². The standard InChI is InChI=1S/C13H21N3O3/c1-4-13(2,3)14-12(19)16-9-7-15(8-10-16)6-5-11(17)18/h1H,5-10H2,2-3H3,(H,14,19)(H,17,18). The van der Waals surface area contributed by atoms with E-state index in [0.717, 1.165) is 0 Å². The topological polar surface area (TPSA) is 72.9 Å². The van der Waals surface area contributed by atoms with Crippen LogP contribution in [0.3, 0.4) is 0 Å². The number of terminal acetylenes is 1. The summed E-state index contributed by atoms with van der Waals surface area (Å²) in [6.07, 6.45) is 5.46. The first-order valence-electron chi connectivity index (χ1n) is 6.33. The third-order valence-electron chi connectivity index (χ3n) is 3.08. The van der Waals surface area contributed by atoms with Crippen LogP contribution in [0.25, 0.3) is 0 Å². The zero-order valence-corrected chi connectivity index (χ0v) is 11.5. The SMILES string of the molecule is C#CC(C)(C)NC(=O)N1CCN(CCC(=O)O)CC1. The molecule has 106 valence electrons. The summed E-state index contributed by atoms with van der Waals surface area (Å²) in [4.78, 5) is 26.2. The highest BCUT2D eigenvalue weighted by atomic mass is 16.4. The van der Waals surface area contributed by atoms with Crippen molar-refractivity contribution in [3.8, 4) is 12.3 Å². The summed E-state index contributed by atoms with van der Waals surface area (Å²) < 4.78 is 0. The van der Waals surface area contributed by atoms with Gasteiger partial charge in [0, 0.05) is 32.7 Å². The van der Waals surface area contributed by atoms with Gasteiger partial charge in [-0.25, -0.2) is 4.79 Å². The maximum Gasteiger partial charge on any atom is 0.318 e. The number of hydrogen-bond donors (Lipinski definition) is 2. The van der Waals surface area contributed by atoms with Crippen molar-refractivity contribution in [2.75, 3.05) is 32.7 Å². The molecule has 0 aromatic heterocycles. The molecular formula is C13H21N3O3. The number of aliphatic carboxylic acids is 1. The van der Waals surface area contributed by atoms with Crippen LogP contribution < -0.4 is 5.32 Å². The van der Waals surface area contributed by atoms with Crippen molar-refractivity contribution < 1.29 is 14.7 Å². The van der Waals surface area contributed by atoms with Crippen LogP contribution in [0.4, 0.5) is 4.79 Å². The predicted molar refractivity (Wildman–Crippen MR) is 71.7 cm³/mol. The Balaban J connectivity index is 2.35. The van der Waals surface area contributed by atoms with Gasteiger partial charge in [0.15, 0.2) is 0 Å². The summed E-state index contributed by atoms with van der Waals surface area (Å²) in [5, 5.41) is 11.4.